The van der Waals surface area contributed by atoms with Gasteiger partial charge in [0.2, 0.25) is 0 Å². The van der Waals surface area contributed by atoms with Gasteiger partial charge < -0.3 is 4.98 Å². The van der Waals surface area contributed by atoms with Crippen LogP contribution in [-0.4, -0.2) is 14.9 Å². The van der Waals surface area contributed by atoms with Gasteiger partial charge in [0.05, 0.1) is 10.8 Å². The van der Waals surface area contributed by atoms with Crippen molar-refractivity contribution in [3.63, 3.8) is 0 Å². The van der Waals surface area contributed by atoms with E-state index in [1.165, 1.54) is 0 Å². The first-order valence-corrected chi connectivity index (χ1v) is 5.18. The number of nitrogens with one attached hydrogen (secondary N) is 1. The molecule has 0 bridgehead atoms. The highest BCUT2D eigenvalue weighted by molar-refractivity contribution is 7.84. The minimum atomic E-state index is -0.808. The van der Waals surface area contributed by atoms with Gasteiger partial charge in [-0.2, -0.15) is 0 Å². The standard InChI is InChI=1S/C8H13NOS/c1-2-3-7-11(10)8-5-4-6-9-8/h4-6,9H,2-3,7H2,1H3. The zero-order valence-corrected chi connectivity index (χ0v) is 7.49. The predicted molar refractivity (Wildman–Crippen MR) is 47.0 cm³/mol. The Balaban J connectivity index is 2.43. The minimum Gasteiger partial charge on any atom is -0.354 e. The Morgan fingerprint density at radius 1 is 1.64 bits per heavy atom. The summed E-state index contributed by atoms with van der Waals surface area (Å²) in [6.07, 6.45) is 3.94. The second-order valence-corrected chi connectivity index (χ2v) is 3.98. The van der Waals surface area contributed by atoms with Crippen molar-refractivity contribution >= 4 is 10.8 Å². The van der Waals surface area contributed by atoms with Crippen molar-refractivity contribution < 1.29 is 4.21 Å². The average molecular weight is 171 g/mol. The van der Waals surface area contributed by atoms with Crippen molar-refractivity contribution in [3.8, 4) is 0 Å². The summed E-state index contributed by atoms with van der Waals surface area (Å²) >= 11 is 0. The summed E-state index contributed by atoms with van der Waals surface area (Å²) in [5.41, 5.74) is 0. The summed E-state index contributed by atoms with van der Waals surface area (Å²) in [4.78, 5) is 2.95. The summed E-state index contributed by atoms with van der Waals surface area (Å²) < 4.78 is 11.3. The molecule has 1 atom stereocenters. The fraction of sp³-hybridized carbons (Fsp3) is 0.500. The molecule has 0 aliphatic carbocycles. The fourth-order valence-electron chi connectivity index (χ4n) is 0.841. The van der Waals surface area contributed by atoms with Crippen LogP contribution in [0.3, 0.4) is 0 Å². The van der Waals surface area contributed by atoms with Gasteiger partial charge in [-0.15, -0.1) is 0 Å². The Kier molecular flexibility index (Phi) is 3.36. The highest BCUT2D eigenvalue weighted by atomic mass is 32.2. The molecule has 0 aromatic carbocycles. The number of rotatable bonds is 4. The van der Waals surface area contributed by atoms with Crippen molar-refractivity contribution in [1.82, 2.24) is 4.98 Å². The van der Waals surface area contributed by atoms with Crippen LogP contribution in [-0.2, 0) is 10.8 Å². The second-order valence-electron chi connectivity index (χ2n) is 2.44. The number of unbranched alkanes of at least 4 members (excludes halogenated alkanes) is 1. The first kappa shape index (κ1) is 8.53. The first-order chi connectivity index (χ1) is 5.34. The van der Waals surface area contributed by atoms with E-state index in [1.807, 2.05) is 12.1 Å². The summed E-state index contributed by atoms with van der Waals surface area (Å²) in [6.45, 7) is 2.10. The molecule has 1 aromatic heterocycles. The van der Waals surface area contributed by atoms with E-state index in [4.69, 9.17) is 0 Å². The van der Waals surface area contributed by atoms with Gasteiger partial charge in [-0.05, 0) is 18.6 Å². The number of hydrogen-bond donors (Lipinski definition) is 1. The largest absolute Gasteiger partial charge is 0.354 e. The average Bonchev–Trinajstić information content (AvgIpc) is 2.52. The molecule has 3 heteroatoms. The van der Waals surface area contributed by atoms with Crippen LogP contribution in [0.5, 0.6) is 0 Å². The molecule has 0 aliphatic rings. The zero-order valence-electron chi connectivity index (χ0n) is 6.67. The minimum absolute atomic E-state index is 0.775. The van der Waals surface area contributed by atoms with Crippen LogP contribution in [0.15, 0.2) is 23.4 Å². The molecule has 1 aromatic rings. The predicted octanol–water partition coefficient (Wildman–Crippen LogP) is 1.92. The lowest BCUT2D eigenvalue weighted by atomic mass is 10.4. The van der Waals surface area contributed by atoms with Gasteiger partial charge in [-0.3, -0.25) is 4.21 Å². The van der Waals surface area contributed by atoms with E-state index in [1.54, 1.807) is 6.20 Å². The van der Waals surface area contributed by atoms with Gasteiger partial charge in [0.1, 0.15) is 5.03 Å². The molecule has 11 heavy (non-hydrogen) atoms. The normalized spacial score (nSPS) is 13.2. The van der Waals surface area contributed by atoms with E-state index in [2.05, 4.69) is 11.9 Å². The van der Waals surface area contributed by atoms with E-state index < -0.39 is 10.8 Å². The Hall–Kier alpha value is -0.570. The number of H-pyrrole nitrogens is 1. The van der Waals surface area contributed by atoms with E-state index in [0.29, 0.717) is 0 Å². The van der Waals surface area contributed by atoms with Crippen LogP contribution in [0.1, 0.15) is 19.8 Å². The highest BCUT2D eigenvalue weighted by Gasteiger charge is 2.01. The quantitative estimate of drug-likeness (QED) is 0.737. The van der Waals surface area contributed by atoms with Crippen LogP contribution < -0.4 is 0 Å². The molecule has 0 radical (unpaired) electrons. The molecule has 0 aliphatic heterocycles. The maximum Gasteiger partial charge on any atom is 0.104 e. The van der Waals surface area contributed by atoms with Crippen LogP contribution >= 0.6 is 0 Å². The molecular formula is C8H13NOS. The van der Waals surface area contributed by atoms with Crippen molar-refractivity contribution in [2.24, 2.45) is 0 Å². The van der Waals surface area contributed by atoms with Crippen molar-refractivity contribution in [2.75, 3.05) is 5.75 Å². The molecule has 1 unspecified atom stereocenters. The molecular weight excluding hydrogens is 158 g/mol. The van der Waals surface area contributed by atoms with E-state index in [0.717, 1.165) is 23.6 Å². The summed E-state index contributed by atoms with van der Waals surface area (Å²) in [5.74, 6) is 0.775. The highest BCUT2D eigenvalue weighted by Crippen LogP contribution is 2.04. The lowest BCUT2D eigenvalue weighted by Gasteiger charge is -1.95. The molecule has 0 fully saturated rings. The molecule has 62 valence electrons. The molecule has 2 nitrogen and oxygen atoms in total. The van der Waals surface area contributed by atoms with Crippen molar-refractivity contribution in [2.45, 2.75) is 24.8 Å². The van der Waals surface area contributed by atoms with Crippen LogP contribution in [0.25, 0.3) is 0 Å². The summed E-state index contributed by atoms with van der Waals surface area (Å²) in [5, 5.41) is 0.846. The number of aromatic amines is 1. The third kappa shape index (κ3) is 2.50. The van der Waals surface area contributed by atoms with Gasteiger partial charge in [0, 0.05) is 11.9 Å². The SMILES string of the molecule is CCCCS(=O)c1ccc[nH]1. The van der Waals surface area contributed by atoms with Crippen LogP contribution in [0.2, 0.25) is 0 Å². The molecule has 0 saturated heterocycles. The monoisotopic (exact) mass is 171 g/mol. The zero-order chi connectivity index (χ0) is 8.10. The van der Waals surface area contributed by atoms with Gasteiger partial charge in [-0.1, -0.05) is 13.3 Å². The third-order valence-electron chi connectivity index (χ3n) is 1.50. The number of hydrogen-bond acceptors (Lipinski definition) is 1. The van der Waals surface area contributed by atoms with Crippen molar-refractivity contribution in [1.29, 1.82) is 0 Å². The van der Waals surface area contributed by atoms with E-state index in [9.17, 15) is 4.21 Å². The Morgan fingerprint density at radius 2 is 2.45 bits per heavy atom. The Bertz CT molecular complexity index is 218. The fourth-order valence-corrected chi connectivity index (χ4v) is 2.04. The summed E-state index contributed by atoms with van der Waals surface area (Å²) in [6, 6.07) is 3.74. The smallest absolute Gasteiger partial charge is 0.104 e. The van der Waals surface area contributed by atoms with Gasteiger partial charge in [-0.25, -0.2) is 0 Å². The Morgan fingerprint density at radius 3 is 3.00 bits per heavy atom. The van der Waals surface area contributed by atoms with Gasteiger partial charge in [0.15, 0.2) is 0 Å². The lowest BCUT2D eigenvalue weighted by molar-refractivity contribution is 0.677. The molecule has 0 spiro atoms. The topological polar surface area (TPSA) is 32.9 Å². The van der Waals surface area contributed by atoms with E-state index in [-0.39, 0.29) is 0 Å². The maximum atomic E-state index is 11.3. The third-order valence-corrected chi connectivity index (χ3v) is 2.90. The molecule has 1 rings (SSSR count). The second kappa shape index (κ2) is 4.34. The van der Waals surface area contributed by atoms with Gasteiger partial charge >= 0.3 is 0 Å². The van der Waals surface area contributed by atoms with Crippen LogP contribution in [0.4, 0.5) is 0 Å². The molecule has 0 saturated carbocycles. The van der Waals surface area contributed by atoms with Crippen molar-refractivity contribution in [3.05, 3.63) is 18.3 Å². The molecule has 0 amide bonds. The Labute approximate surface area is 69.5 Å². The summed E-state index contributed by atoms with van der Waals surface area (Å²) in [7, 11) is -0.808. The maximum absolute atomic E-state index is 11.3. The molecule has 1 N–H and O–H groups in total. The van der Waals surface area contributed by atoms with Gasteiger partial charge in [0.25, 0.3) is 0 Å². The lowest BCUT2D eigenvalue weighted by Crippen LogP contribution is -1.97. The first-order valence-electron chi connectivity index (χ1n) is 3.86. The van der Waals surface area contributed by atoms with Crippen LogP contribution in [0, 0.1) is 0 Å². The van der Waals surface area contributed by atoms with E-state index >= 15 is 0 Å². The molecule has 1 heterocycles. The number of aromatic nitrogens is 1.